The van der Waals surface area contributed by atoms with E-state index in [4.69, 9.17) is 41.2 Å². The van der Waals surface area contributed by atoms with E-state index >= 15 is 0 Å². The van der Waals surface area contributed by atoms with Gasteiger partial charge in [0, 0.05) is 17.0 Å². The lowest BCUT2D eigenvalue weighted by Gasteiger charge is -2.09. The minimum atomic E-state index is 0.349. The number of benzene rings is 1. The molecule has 19 heavy (non-hydrogen) atoms. The summed E-state index contributed by atoms with van der Waals surface area (Å²) in [7, 11) is 0. The molecule has 1 aromatic carbocycles. The second-order valence-electron chi connectivity index (χ2n) is 3.94. The SMILES string of the molecule is NC(=S)c1ccc(NCCc2ccc(Cl)s2)c(Cl)c1. The van der Waals surface area contributed by atoms with Crippen LogP contribution in [0.25, 0.3) is 0 Å². The predicted molar refractivity (Wildman–Crippen MR) is 88.9 cm³/mol. The summed E-state index contributed by atoms with van der Waals surface area (Å²) in [5, 5.41) is 3.90. The van der Waals surface area contributed by atoms with Crippen molar-refractivity contribution >= 4 is 57.4 Å². The Balaban J connectivity index is 1.94. The van der Waals surface area contributed by atoms with E-state index in [-0.39, 0.29) is 0 Å². The van der Waals surface area contributed by atoms with Crippen LogP contribution in [0.15, 0.2) is 30.3 Å². The molecule has 6 heteroatoms. The second-order valence-corrected chi connectivity index (χ2v) is 6.59. The minimum Gasteiger partial charge on any atom is -0.389 e. The summed E-state index contributed by atoms with van der Waals surface area (Å²) in [4.78, 5) is 1.59. The fraction of sp³-hybridized carbons (Fsp3) is 0.154. The average molecular weight is 331 g/mol. The van der Waals surface area contributed by atoms with Gasteiger partial charge in [-0.1, -0.05) is 35.4 Å². The molecule has 0 amide bonds. The maximum absolute atomic E-state index is 6.16. The normalized spacial score (nSPS) is 10.4. The van der Waals surface area contributed by atoms with Crippen LogP contribution in [0.2, 0.25) is 9.36 Å². The van der Waals surface area contributed by atoms with Crippen molar-refractivity contribution in [3.8, 4) is 0 Å². The van der Waals surface area contributed by atoms with Crippen LogP contribution in [-0.4, -0.2) is 11.5 Å². The van der Waals surface area contributed by atoms with Crippen molar-refractivity contribution in [1.82, 2.24) is 0 Å². The molecule has 100 valence electrons. The van der Waals surface area contributed by atoms with E-state index in [9.17, 15) is 0 Å². The first-order valence-corrected chi connectivity index (χ1v) is 7.62. The highest BCUT2D eigenvalue weighted by Crippen LogP contribution is 2.24. The zero-order chi connectivity index (χ0) is 13.8. The van der Waals surface area contributed by atoms with E-state index < -0.39 is 0 Å². The van der Waals surface area contributed by atoms with Gasteiger partial charge in [0.1, 0.15) is 4.99 Å². The van der Waals surface area contributed by atoms with Crippen molar-refractivity contribution in [1.29, 1.82) is 0 Å². The van der Waals surface area contributed by atoms with E-state index in [1.54, 1.807) is 17.4 Å². The Kier molecular flexibility index (Phi) is 5.05. The highest BCUT2D eigenvalue weighted by Gasteiger charge is 2.04. The van der Waals surface area contributed by atoms with Gasteiger partial charge in [-0.15, -0.1) is 11.3 Å². The number of hydrogen-bond donors (Lipinski definition) is 2. The average Bonchev–Trinajstić information content (AvgIpc) is 2.77. The molecule has 0 unspecified atom stereocenters. The number of thiocarbonyl (C=S) groups is 1. The maximum atomic E-state index is 6.16. The summed E-state index contributed by atoms with van der Waals surface area (Å²) in [6.45, 7) is 0.795. The number of halogens is 2. The molecule has 0 fully saturated rings. The van der Waals surface area contributed by atoms with Gasteiger partial charge < -0.3 is 11.1 Å². The van der Waals surface area contributed by atoms with Crippen LogP contribution >= 0.6 is 46.8 Å². The monoisotopic (exact) mass is 330 g/mol. The zero-order valence-corrected chi connectivity index (χ0v) is 13.1. The van der Waals surface area contributed by atoms with Crippen LogP contribution in [-0.2, 0) is 6.42 Å². The molecule has 0 bridgehead atoms. The number of nitrogens with two attached hydrogens (primary N) is 1. The van der Waals surface area contributed by atoms with Crippen LogP contribution in [0, 0.1) is 0 Å². The van der Waals surface area contributed by atoms with E-state index in [1.165, 1.54) is 4.88 Å². The van der Waals surface area contributed by atoms with Crippen molar-refractivity contribution < 1.29 is 0 Å². The van der Waals surface area contributed by atoms with E-state index in [0.717, 1.165) is 28.6 Å². The van der Waals surface area contributed by atoms with Crippen molar-refractivity contribution in [3.05, 3.63) is 50.1 Å². The van der Waals surface area contributed by atoms with Gasteiger partial charge in [0.2, 0.25) is 0 Å². The predicted octanol–water partition coefficient (Wildman–Crippen LogP) is 4.34. The van der Waals surface area contributed by atoms with Crippen LogP contribution in [0.3, 0.4) is 0 Å². The third-order valence-corrected chi connectivity index (χ3v) is 4.41. The van der Waals surface area contributed by atoms with Gasteiger partial charge in [-0.05, 0) is 36.8 Å². The Morgan fingerprint density at radius 1 is 1.26 bits per heavy atom. The van der Waals surface area contributed by atoms with Crippen molar-refractivity contribution in [3.63, 3.8) is 0 Å². The molecular formula is C13H12Cl2N2S2. The van der Waals surface area contributed by atoms with E-state index in [2.05, 4.69) is 5.32 Å². The van der Waals surface area contributed by atoms with Crippen LogP contribution < -0.4 is 11.1 Å². The number of nitrogens with one attached hydrogen (secondary N) is 1. The lowest BCUT2D eigenvalue weighted by atomic mass is 10.2. The first-order valence-electron chi connectivity index (χ1n) is 5.63. The molecule has 0 aliphatic heterocycles. The number of anilines is 1. The highest BCUT2D eigenvalue weighted by molar-refractivity contribution is 7.80. The number of thiophene rings is 1. The molecule has 0 atom stereocenters. The summed E-state index contributed by atoms with van der Waals surface area (Å²) in [5.41, 5.74) is 7.21. The van der Waals surface area contributed by atoms with Crippen LogP contribution in [0.4, 0.5) is 5.69 Å². The van der Waals surface area contributed by atoms with Gasteiger partial charge in [-0.25, -0.2) is 0 Å². The highest BCUT2D eigenvalue weighted by atomic mass is 35.5. The summed E-state index contributed by atoms with van der Waals surface area (Å²) < 4.78 is 0.814. The van der Waals surface area contributed by atoms with Gasteiger partial charge >= 0.3 is 0 Å². The van der Waals surface area contributed by atoms with E-state index in [0.29, 0.717) is 10.0 Å². The molecule has 2 nitrogen and oxygen atoms in total. The Morgan fingerprint density at radius 2 is 2.05 bits per heavy atom. The first-order chi connectivity index (χ1) is 9.06. The summed E-state index contributed by atoms with van der Waals surface area (Å²) >= 11 is 18.5. The molecular weight excluding hydrogens is 319 g/mol. The molecule has 0 aliphatic carbocycles. The third kappa shape index (κ3) is 4.08. The van der Waals surface area contributed by atoms with Gasteiger partial charge in [-0.2, -0.15) is 0 Å². The molecule has 2 aromatic rings. The van der Waals surface area contributed by atoms with Gasteiger partial charge in [-0.3, -0.25) is 0 Å². The summed E-state index contributed by atoms with van der Waals surface area (Å²) in [6, 6.07) is 9.46. The topological polar surface area (TPSA) is 38.0 Å². The quantitative estimate of drug-likeness (QED) is 0.800. The molecule has 1 aromatic heterocycles. The molecule has 3 N–H and O–H groups in total. The van der Waals surface area contributed by atoms with Crippen molar-refractivity contribution in [2.45, 2.75) is 6.42 Å². The maximum Gasteiger partial charge on any atom is 0.104 e. The molecule has 0 radical (unpaired) electrons. The Bertz CT molecular complexity index is 596. The van der Waals surface area contributed by atoms with Crippen LogP contribution in [0.1, 0.15) is 10.4 Å². The molecule has 0 saturated heterocycles. The fourth-order valence-corrected chi connectivity index (χ4v) is 3.08. The standard InChI is InChI=1S/C13H12Cl2N2S2/c14-10-7-8(13(16)18)1-3-11(10)17-6-5-9-2-4-12(15)19-9/h1-4,7,17H,5-6H2,(H2,16,18). The Labute approximate surface area is 131 Å². The largest absolute Gasteiger partial charge is 0.389 e. The fourth-order valence-electron chi connectivity index (χ4n) is 1.62. The Hall–Kier alpha value is -0.810. The zero-order valence-electron chi connectivity index (χ0n) is 9.95. The molecule has 1 heterocycles. The molecule has 0 spiro atoms. The van der Waals surface area contributed by atoms with Gasteiger partial charge in [0.25, 0.3) is 0 Å². The number of rotatable bonds is 5. The number of hydrogen-bond acceptors (Lipinski definition) is 3. The van der Waals surface area contributed by atoms with E-state index in [1.807, 2.05) is 24.3 Å². The second kappa shape index (κ2) is 6.57. The van der Waals surface area contributed by atoms with Crippen molar-refractivity contribution in [2.24, 2.45) is 5.73 Å². The smallest absolute Gasteiger partial charge is 0.104 e. The minimum absolute atomic E-state index is 0.349. The Morgan fingerprint density at radius 3 is 2.63 bits per heavy atom. The van der Waals surface area contributed by atoms with Gasteiger partial charge in [0.05, 0.1) is 15.0 Å². The van der Waals surface area contributed by atoms with Gasteiger partial charge in [0.15, 0.2) is 0 Å². The molecule has 0 aliphatic rings. The summed E-state index contributed by atoms with van der Waals surface area (Å²) in [5.74, 6) is 0. The summed E-state index contributed by atoms with van der Waals surface area (Å²) in [6.07, 6.45) is 0.908. The molecule has 2 rings (SSSR count). The lowest BCUT2D eigenvalue weighted by molar-refractivity contribution is 1.04. The molecule has 0 saturated carbocycles. The van der Waals surface area contributed by atoms with Crippen LogP contribution in [0.5, 0.6) is 0 Å². The lowest BCUT2D eigenvalue weighted by Crippen LogP contribution is -2.10. The first kappa shape index (κ1) is 14.6. The third-order valence-electron chi connectivity index (χ3n) is 2.57. The van der Waals surface area contributed by atoms with Crippen molar-refractivity contribution in [2.75, 3.05) is 11.9 Å².